The summed E-state index contributed by atoms with van der Waals surface area (Å²) in [5.74, 6) is 1.50. The summed E-state index contributed by atoms with van der Waals surface area (Å²) < 4.78 is 11.4. The summed E-state index contributed by atoms with van der Waals surface area (Å²) >= 11 is 0. The number of rotatable bonds is 9. The van der Waals surface area contributed by atoms with E-state index in [0.717, 1.165) is 28.1 Å². The van der Waals surface area contributed by atoms with Crippen molar-refractivity contribution in [2.45, 2.75) is 39.8 Å². The summed E-state index contributed by atoms with van der Waals surface area (Å²) in [6, 6.07) is 7.69. The minimum atomic E-state index is -0.175. The third kappa shape index (κ3) is 5.14. The highest BCUT2D eigenvalue weighted by Crippen LogP contribution is 2.37. The van der Waals surface area contributed by atoms with Crippen LogP contribution in [0.15, 0.2) is 24.3 Å². The highest BCUT2D eigenvalue weighted by molar-refractivity contribution is 5.99. The number of hydrogen-bond acceptors (Lipinski definition) is 6. The molecule has 33 heavy (non-hydrogen) atoms. The van der Waals surface area contributed by atoms with Crippen molar-refractivity contribution in [1.82, 2.24) is 10.2 Å². The van der Waals surface area contributed by atoms with Gasteiger partial charge in [0.2, 0.25) is 0 Å². The van der Waals surface area contributed by atoms with Gasteiger partial charge in [0, 0.05) is 39.8 Å². The number of nitrogens with zero attached hydrogens (tertiary/aromatic N) is 2. The van der Waals surface area contributed by atoms with Gasteiger partial charge in [-0.3, -0.25) is 14.5 Å². The summed E-state index contributed by atoms with van der Waals surface area (Å²) in [5, 5.41) is 2.67. The molecule has 1 aliphatic heterocycles. The molecule has 0 aliphatic carbocycles. The Balaban J connectivity index is 1.85. The van der Waals surface area contributed by atoms with Crippen molar-refractivity contribution >= 4 is 17.4 Å². The van der Waals surface area contributed by atoms with Crippen LogP contribution in [0.4, 0.5) is 5.69 Å². The van der Waals surface area contributed by atoms with E-state index >= 15 is 0 Å². The van der Waals surface area contributed by atoms with Crippen molar-refractivity contribution in [2.75, 3.05) is 46.3 Å². The van der Waals surface area contributed by atoms with Gasteiger partial charge in [-0.05, 0) is 53.8 Å². The SMILES string of the molecule is CCOc1cc2c(cc1C(=O)NC)CN(CC(=O)c1cc(C(C)C)c(OC)c(N(C)C)c1)C2. The molecule has 2 aromatic carbocycles. The van der Waals surface area contributed by atoms with Crippen LogP contribution >= 0.6 is 0 Å². The predicted molar refractivity (Wildman–Crippen MR) is 131 cm³/mol. The van der Waals surface area contributed by atoms with Crippen LogP contribution in [0.25, 0.3) is 0 Å². The maximum absolute atomic E-state index is 13.3. The van der Waals surface area contributed by atoms with Gasteiger partial charge in [-0.1, -0.05) is 13.8 Å². The lowest BCUT2D eigenvalue weighted by Crippen LogP contribution is -2.25. The van der Waals surface area contributed by atoms with Crippen LogP contribution in [0, 0.1) is 0 Å². The van der Waals surface area contributed by atoms with Gasteiger partial charge in [0.25, 0.3) is 5.91 Å². The van der Waals surface area contributed by atoms with E-state index in [2.05, 4.69) is 24.1 Å². The molecule has 0 fully saturated rings. The number of carbonyl (C=O) groups excluding carboxylic acids is 2. The second-order valence-electron chi connectivity index (χ2n) is 8.86. The largest absolute Gasteiger partial charge is 0.494 e. The molecule has 0 aromatic heterocycles. The van der Waals surface area contributed by atoms with Gasteiger partial charge in [0.15, 0.2) is 5.78 Å². The van der Waals surface area contributed by atoms with Gasteiger partial charge in [-0.25, -0.2) is 0 Å². The zero-order chi connectivity index (χ0) is 24.3. The highest BCUT2D eigenvalue weighted by atomic mass is 16.5. The lowest BCUT2D eigenvalue weighted by atomic mass is 9.96. The number of amides is 1. The number of benzene rings is 2. The molecule has 1 amide bonds. The number of carbonyl (C=O) groups is 2. The third-order valence-corrected chi connectivity index (χ3v) is 5.96. The number of nitrogens with one attached hydrogen (secondary N) is 1. The van der Waals surface area contributed by atoms with Crippen LogP contribution in [0.1, 0.15) is 64.1 Å². The molecule has 1 heterocycles. The van der Waals surface area contributed by atoms with Gasteiger partial charge in [0.1, 0.15) is 11.5 Å². The van der Waals surface area contributed by atoms with Gasteiger partial charge < -0.3 is 19.7 Å². The minimum absolute atomic E-state index is 0.0621. The molecule has 0 saturated heterocycles. The first-order valence-corrected chi connectivity index (χ1v) is 11.4. The summed E-state index contributed by atoms with van der Waals surface area (Å²) in [5.41, 5.74) is 5.27. The van der Waals surface area contributed by atoms with E-state index < -0.39 is 0 Å². The first kappa shape index (κ1) is 24.6. The van der Waals surface area contributed by atoms with Crippen molar-refractivity contribution < 1.29 is 19.1 Å². The average molecular weight is 454 g/mol. The first-order valence-electron chi connectivity index (χ1n) is 11.4. The molecule has 7 nitrogen and oxygen atoms in total. The van der Waals surface area contributed by atoms with E-state index in [4.69, 9.17) is 9.47 Å². The van der Waals surface area contributed by atoms with Crippen LogP contribution in [0.5, 0.6) is 11.5 Å². The fraction of sp³-hybridized carbons (Fsp3) is 0.462. The number of fused-ring (bicyclic) bond motifs is 1. The molecule has 1 N–H and O–H groups in total. The van der Waals surface area contributed by atoms with Gasteiger partial charge in [0.05, 0.1) is 31.5 Å². The Labute approximate surface area is 196 Å². The fourth-order valence-electron chi connectivity index (χ4n) is 4.27. The topological polar surface area (TPSA) is 71.1 Å². The lowest BCUT2D eigenvalue weighted by Gasteiger charge is -2.23. The second-order valence-corrected chi connectivity index (χ2v) is 8.86. The van der Waals surface area contributed by atoms with Crippen LogP contribution in [0.3, 0.4) is 0 Å². The average Bonchev–Trinajstić information content (AvgIpc) is 3.17. The summed E-state index contributed by atoms with van der Waals surface area (Å²) in [6.45, 7) is 8.13. The Morgan fingerprint density at radius 2 is 1.79 bits per heavy atom. The smallest absolute Gasteiger partial charge is 0.254 e. The van der Waals surface area contributed by atoms with E-state index in [1.165, 1.54) is 0 Å². The van der Waals surface area contributed by atoms with Crippen LogP contribution in [-0.4, -0.2) is 58.0 Å². The lowest BCUT2D eigenvalue weighted by molar-refractivity contribution is 0.0926. The van der Waals surface area contributed by atoms with E-state index in [1.54, 1.807) is 14.2 Å². The predicted octanol–water partition coefficient (Wildman–Crippen LogP) is 3.84. The molecule has 3 rings (SSSR count). The normalized spacial score (nSPS) is 13.1. The molecule has 0 radical (unpaired) electrons. The monoisotopic (exact) mass is 453 g/mol. The van der Waals surface area contributed by atoms with E-state index in [9.17, 15) is 9.59 Å². The summed E-state index contributed by atoms with van der Waals surface area (Å²) in [6.07, 6.45) is 0. The Morgan fingerprint density at radius 1 is 1.12 bits per heavy atom. The summed E-state index contributed by atoms with van der Waals surface area (Å²) in [7, 11) is 7.18. The Morgan fingerprint density at radius 3 is 2.33 bits per heavy atom. The Hall–Kier alpha value is -3.06. The van der Waals surface area contributed by atoms with Crippen molar-refractivity contribution in [3.8, 4) is 11.5 Å². The molecule has 2 aromatic rings. The van der Waals surface area contributed by atoms with Crippen LogP contribution < -0.4 is 19.7 Å². The second kappa shape index (κ2) is 10.3. The quantitative estimate of drug-likeness (QED) is 0.582. The number of anilines is 1. The van der Waals surface area contributed by atoms with Gasteiger partial charge in [-0.2, -0.15) is 0 Å². The standard InChI is InChI=1S/C26H35N3O4/c1-8-33-24-12-19-14-29(13-18(19)10-21(24)26(31)27-4)15-23(30)17-9-20(16(2)3)25(32-7)22(11-17)28(5)6/h9-12,16H,8,13-15H2,1-7H3,(H,27,31). The van der Waals surface area contributed by atoms with Crippen molar-refractivity contribution in [3.63, 3.8) is 0 Å². The third-order valence-electron chi connectivity index (χ3n) is 5.96. The van der Waals surface area contributed by atoms with Crippen molar-refractivity contribution in [3.05, 3.63) is 52.1 Å². The Bertz CT molecular complexity index is 1020. The maximum Gasteiger partial charge on any atom is 0.254 e. The molecule has 0 bridgehead atoms. The van der Waals surface area contributed by atoms with E-state index in [1.807, 2.05) is 50.2 Å². The number of methoxy groups -OCH3 is 1. The number of Topliss-reactive ketones (excluding diaryl/α,β-unsaturated/α-hetero) is 1. The molecule has 1 aliphatic rings. The zero-order valence-electron chi connectivity index (χ0n) is 20.7. The molecule has 0 atom stereocenters. The minimum Gasteiger partial charge on any atom is -0.494 e. The van der Waals surface area contributed by atoms with Gasteiger partial charge >= 0.3 is 0 Å². The van der Waals surface area contributed by atoms with Crippen LogP contribution in [0.2, 0.25) is 0 Å². The fourth-order valence-corrected chi connectivity index (χ4v) is 4.27. The molecule has 0 spiro atoms. The summed E-state index contributed by atoms with van der Waals surface area (Å²) in [4.78, 5) is 29.7. The first-order chi connectivity index (χ1) is 15.7. The zero-order valence-corrected chi connectivity index (χ0v) is 20.7. The maximum atomic E-state index is 13.3. The van der Waals surface area contributed by atoms with Gasteiger partial charge in [-0.15, -0.1) is 0 Å². The number of ether oxygens (including phenoxy) is 2. The molecular weight excluding hydrogens is 418 g/mol. The molecule has 178 valence electrons. The van der Waals surface area contributed by atoms with E-state index in [-0.39, 0.29) is 17.6 Å². The van der Waals surface area contributed by atoms with E-state index in [0.29, 0.717) is 43.1 Å². The van der Waals surface area contributed by atoms with Crippen molar-refractivity contribution in [1.29, 1.82) is 0 Å². The molecular formula is C26H35N3O4. The molecule has 0 saturated carbocycles. The number of hydrogen-bond donors (Lipinski definition) is 1. The number of ketones is 1. The highest BCUT2D eigenvalue weighted by Gasteiger charge is 2.26. The van der Waals surface area contributed by atoms with Crippen LogP contribution in [-0.2, 0) is 13.1 Å². The Kier molecular flexibility index (Phi) is 7.64. The molecule has 7 heteroatoms. The molecule has 0 unspecified atom stereocenters. The van der Waals surface area contributed by atoms with Crippen molar-refractivity contribution in [2.24, 2.45) is 0 Å².